The van der Waals surface area contributed by atoms with Crippen molar-refractivity contribution in [3.63, 3.8) is 0 Å². The molecule has 1 fully saturated rings. The van der Waals surface area contributed by atoms with Crippen LogP contribution in [0.25, 0.3) is 0 Å². The van der Waals surface area contributed by atoms with Gasteiger partial charge in [-0.1, -0.05) is 20.8 Å². The first-order valence-electron chi connectivity index (χ1n) is 6.72. The Balaban J connectivity index is 1.91. The minimum absolute atomic E-state index is 0.0564. The standard InChI is InChI=1S/C13H24N4O/c1-13(2,3)11(18)8-17-6-4-5-10(7-17)12-14-9-15-16-12/h9-11,18H,4-8H2,1-3H3,(H,14,15,16). The van der Waals surface area contributed by atoms with Gasteiger partial charge in [-0.15, -0.1) is 0 Å². The van der Waals surface area contributed by atoms with Crippen LogP contribution in [0.4, 0.5) is 0 Å². The summed E-state index contributed by atoms with van der Waals surface area (Å²) in [5.74, 6) is 1.40. The molecule has 102 valence electrons. The lowest BCUT2D eigenvalue weighted by Gasteiger charge is -2.36. The normalized spacial score (nSPS) is 24.1. The zero-order chi connectivity index (χ0) is 13.2. The number of rotatable bonds is 3. The van der Waals surface area contributed by atoms with E-state index in [0.29, 0.717) is 5.92 Å². The number of nitrogens with one attached hydrogen (secondary N) is 1. The molecular formula is C13H24N4O. The summed E-state index contributed by atoms with van der Waals surface area (Å²) in [6, 6.07) is 0. The average Bonchev–Trinajstić information content (AvgIpc) is 2.81. The largest absolute Gasteiger partial charge is 0.391 e. The maximum atomic E-state index is 10.2. The molecule has 0 amide bonds. The second-order valence-corrected chi connectivity index (χ2v) is 6.35. The van der Waals surface area contributed by atoms with Crippen LogP contribution in [-0.4, -0.2) is 50.9 Å². The molecule has 5 nitrogen and oxygen atoms in total. The molecule has 1 aromatic rings. The van der Waals surface area contributed by atoms with Crippen molar-refractivity contribution < 1.29 is 5.11 Å². The lowest BCUT2D eigenvalue weighted by atomic mass is 9.88. The van der Waals surface area contributed by atoms with Crippen LogP contribution < -0.4 is 0 Å². The monoisotopic (exact) mass is 252 g/mol. The van der Waals surface area contributed by atoms with Crippen LogP contribution in [0.1, 0.15) is 45.4 Å². The molecule has 1 aliphatic heterocycles. The highest BCUT2D eigenvalue weighted by Crippen LogP contribution is 2.26. The molecule has 2 heterocycles. The van der Waals surface area contributed by atoms with Crippen LogP contribution in [0.5, 0.6) is 0 Å². The fraction of sp³-hybridized carbons (Fsp3) is 0.846. The predicted molar refractivity (Wildman–Crippen MR) is 70.3 cm³/mol. The van der Waals surface area contributed by atoms with E-state index >= 15 is 0 Å². The number of nitrogens with zero attached hydrogens (tertiary/aromatic N) is 3. The molecular weight excluding hydrogens is 228 g/mol. The van der Waals surface area contributed by atoms with Gasteiger partial charge in [-0.05, 0) is 24.8 Å². The number of hydrogen-bond donors (Lipinski definition) is 2. The van der Waals surface area contributed by atoms with E-state index in [1.54, 1.807) is 6.33 Å². The minimum Gasteiger partial charge on any atom is -0.391 e. The Morgan fingerprint density at radius 3 is 2.94 bits per heavy atom. The molecule has 2 unspecified atom stereocenters. The van der Waals surface area contributed by atoms with Gasteiger partial charge in [0, 0.05) is 19.0 Å². The third kappa shape index (κ3) is 3.29. The van der Waals surface area contributed by atoms with Crippen molar-refractivity contribution in [3.05, 3.63) is 12.2 Å². The second-order valence-electron chi connectivity index (χ2n) is 6.35. The first-order chi connectivity index (χ1) is 8.47. The summed E-state index contributed by atoms with van der Waals surface area (Å²) in [6.07, 6.45) is 3.59. The van der Waals surface area contributed by atoms with Gasteiger partial charge in [0.2, 0.25) is 0 Å². The van der Waals surface area contributed by atoms with Gasteiger partial charge in [-0.3, -0.25) is 5.10 Å². The molecule has 0 radical (unpaired) electrons. The van der Waals surface area contributed by atoms with E-state index in [9.17, 15) is 5.11 Å². The van der Waals surface area contributed by atoms with Crippen molar-refractivity contribution in [2.75, 3.05) is 19.6 Å². The summed E-state index contributed by atoms with van der Waals surface area (Å²) in [5, 5.41) is 17.1. The molecule has 2 rings (SSSR count). The number of aromatic nitrogens is 3. The van der Waals surface area contributed by atoms with Crippen molar-refractivity contribution in [2.24, 2.45) is 5.41 Å². The molecule has 2 atom stereocenters. The van der Waals surface area contributed by atoms with E-state index in [1.807, 2.05) is 0 Å². The first kappa shape index (κ1) is 13.5. The summed E-state index contributed by atoms with van der Waals surface area (Å²) >= 11 is 0. The maximum Gasteiger partial charge on any atom is 0.137 e. The van der Waals surface area contributed by atoms with Crippen molar-refractivity contribution in [1.29, 1.82) is 0 Å². The van der Waals surface area contributed by atoms with Gasteiger partial charge in [0.15, 0.2) is 0 Å². The smallest absolute Gasteiger partial charge is 0.137 e. The van der Waals surface area contributed by atoms with Crippen LogP contribution in [0.15, 0.2) is 6.33 Å². The van der Waals surface area contributed by atoms with E-state index < -0.39 is 0 Å². The van der Waals surface area contributed by atoms with Crippen molar-refractivity contribution >= 4 is 0 Å². The summed E-state index contributed by atoms with van der Waals surface area (Å²) < 4.78 is 0. The fourth-order valence-electron chi connectivity index (χ4n) is 2.37. The summed E-state index contributed by atoms with van der Waals surface area (Å²) in [7, 11) is 0. The van der Waals surface area contributed by atoms with Crippen LogP contribution in [-0.2, 0) is 0 Å². The zero-order valence-electron chi connectivity index (χ0n) is 11.6. The highest BCUT2D eigenvalue weighted by Gasteiger charge is 2.28. The lowest BCUT2D eigenvalue weighted by molar-refractivity contribution is 0.0207. The fourth-order valence-corrected chi connectivity index (χ4v) is 2.37. The number of H-pyrrole nitrogens is 1. The third-order valence-electron chi connectivity index (χ3n) is 3.76. The molecule has 5 heteroatoms. The molecule has 2 N–H and O–H groups in total. The van der Waals surface area contributed by atoms with Crippen molar-refractivity contribution in [3.8, 4) is 0 Å². The lowest BCUT2D eigenvalue weighted by Crippen LogP contribution is -2.43. The number of aromatic amines is 1. The van der Waals surface area contributed by atoms with Crippen LogP contribution in [0.2, 0.25) is 0 Å². The highest BCUT2D eigenvalue weighted by atomic mass is 16.3. The van der Waals surface area contributed by atoms with Crippen LogP contribution >= 0.6 is 0 Å². The zero-order valence-corrected chi connectivity index (χ0v) is 11.6. The number of piperidine rings is 1. The van der Waals surface area contributed by atoms with Gasteiger partial charge in [-0.25, -0.2) is 4.98 Å². The van der Waals surface area contributed by atoms with Crippen molar-refractivity contribution in [2.45, 2.75) is 45.6 Å². The van der Waals surface area contributed by atoms with Crippen LogP contribution in [0, 0.1) is 5.41 Å². The highest BCUT2D eigenvalue weighted by molar-refractivity contribution is 4.97. The number of aliphatic hydroxyl groups excluding tert-OH is 1. The number of likely N-dealkylation sites (tertiary alicyclic amines) is 1. The van der Waals surface area contributed by atoms with Gasteiger partial charge < -0.3 is 10.0 Å². The van der Waals surface area contributed by atoms with E-state index in [4.69, 9.17) is 0 Å². The van der Waals surface area contributed by atoms with Gasteiger partial charge in [-0.2, -0.15) is 5.10 Å². The quantitative estimate of drug-likeness (QED) is 0.853. The molecule has 1 aromatic heterocycles. The van der Waals surface area contributed by atoms with E-state index in [-0.39, 0.29) is 11.5 Å². The molecule has 0 spiro atoms. The molecule has 0 bridgehead atoms. The third-order valence-corrected chi connectivity index (χ3v) is 3.76. The summed E-state index contributed by atoms with van der Waals surface area (Å²) in [5.41, 5.74) is -0.0564. The van der Waals surface area contributed by atoms with E-state index in [1.165, 1.54) is 0 Å². The summed E-state index contributed by atoms with van der Waals surface area (Å²) in [4.78, 5) is 6.59. The van der Waals surface area contributed by atoms with Crippen molar-refractivity contribution in [1.82, 2.24) is 20.1 Å². The maximum absolute atomic E-state index is 10.2. The Kier molecular flexibility index (Phi) is 4.02. The number of hydrogen-bond acceptors (Lipinski definition) is 4. The average molecular weight is 252 g/mol. The Morgan fingerprint density at radius 2 is 2.33 bits per heavy atom. The van der Waals surface area contributed by atoms with Gasteiger partial charge in [0.25, 0.3) is 0 Å². The van der Waals surface area contributed by atoms with Gasteiger partial charge in [0.05, 0.1) is 6.10 Å². The molecule has 0 aliphatic carbocycles. The molecule has 0 saturated carbocycles. The van der Waals surface area contributed by atoms with Crippen LogP contribution in [0.3, 0.4) is 0 Å². The Hall–Kier alpha value is -0.940. The summed E-state index contributed by atoms with van der Waals surface area (Å²) in [6.45, 7) is 9.01. The molecule has 0 aromatic carbocycles. The van der Waals surface area contributed by atoms with E-state index in [2.05, 4.69) is 40.9 Å². The number of aliphatic hydroxyl groups is 1. The molecule has 1 saturated heterocycles. The predicted octanol–water partition coefficient (Wildman–Crippen LogP) is 1.39. The Bertz CT molecular complexity index is 358. The van der Waals surface area contributed by atoms with Gasteiger partial charge in [0.1, 0.15) is 12.2 Å². The van der Waals surface area contributed by atoms with E-state index in [0.717, 1.165) is 38.3 Å². The topological polar surface area (TPSA) is 65.0 Å². The SMILES string of the molecule is CC(C)(C)C(O)CN1CCCC(c2ncn[nH]2)C1. The number of β-amino-alcohol motifs (C(OH)–C–C–N with tert-alkyl or cyclic N) is 1. The molecule has 18 heavy (non-hydrogen) atoms. The minimum atomic E-state index is -0.286. The molecule has 1 aliphatic rings. The van der Waals surface area contributed by atoms with Gasteiger partial charge >= 0.3 is 0 Å². The second kappa shape index (κ2) is 5.36. The Labute approximate surface area is 109 Å². The Morgan fingerprint density at radius 1 is 1.56 bits per heavy atom. The first-order valence-corrected chi connectivity index (χ1v) is 6.72.